The molecule has 0 saturated heterocycles. The third-order valence-corrected chi connectivity index (χ3v) is 9.80. The predicted molar refractivity (Wildman–Crippen MR) is 203 cm³/mol. The molecule has 0 amide bonds. The van der Waals surface area contributed by atoms with Gasteiger partial charge in [0, 0.05) is 27.3 Å². The van der Waals surface area contributed by atoms with Gasteiger partial charge in [-0.2, -0.15) is 0 Å². The van der Waals surface area contributed by atoms with Crippen molar-refractivity contribution in [1.82, 2.24) is 9.97 Å². The first kappa shape index (κ1) is 26.8. The monoisotopic (exact) mass is 608 g/mol. The molecule has 2 nitrogen and oxygen atoms in total. The molecule has 2 heteroatoms. The topological polar surface area (TPSA) is 25.8 Å². The highest BCUT2D eigenvalue weighted by Crippen LogP contribution is 2.44. The molecule has 0 unspecified atom stereocenters. The van der Waals surface area contributed by atoms with E-state index in [4.69, 9.17) is 9.97 Å². The fourth-order valence-electron chi connectivity index (χ4n) is 7.65. The summed E-state index contributed by atoms with van der Waals surface area (Å²) in [6.07, 6.45) is 0. The second kappa shape index (κ2) is 10.6. The first-order valence-corrected chi connectivity index (χ1v) is 16.4. The van der Waals surface area contributed by atoms with Crippen LogP contribution in [0.15, 0.2) is 170 Å². The van der Waals surface area contributed by atoms with Gasteiger partial charge in [-0.3, -0.25) is 0 Å². The van der Waals surface area contributed by atoms with E-state index in [0.29, 0.717) is 0 Å². The fraction of sp³-hybridized carbons (Fsp3) is 0. The number of benzene rings is 8. The number of hydrogen-bond acceptors (Lipinski definition) is 2. The van der Waals surface area contributed by atoms with E-state index in [1.54, 1.807) is 0 Å². The van der Waals surface area contributed by atoms with Crippen LogP contribution in [0, 0.1) is 0 Å². The largest absolute Gasteiger partial charge is 0.245 e. The average molecular weight is 609 g/mol. The van der Waals surface area contributed by atoms with E-state index in [1.165, 1.54) is 54.6 Å². The van der Waals surface area contributed by atoms with Gasteiger partial charge in [-0.15, -0.1) is 0 Å². The lowest BCUT2D eigenvalue weighted by Gasteiger charge is -2.18. The van der Waals surface area contributed by atoms with Gasteiger partial charge in [0.1, 0.15) is 0 Å². The molecule has 0 aliphatic heterocycles. The van der Waals surface area contributed by atoms with E-state index in [2.05, 4.69) is 170 Å². The molecule has 0 aliphatic rings. The van der Waals surface area contributed by atoms with Crippen LogP contribution in [0.4, 0.5) is 0 Å². The number of fused-ring (bicyclic) bond motifs is 7. The Morgan fingerprint density at radius 1 is 0.292 bits per heavy atom. The summed E-state index contributed by atoms with van der Waals surface area (Å²) in [5.74, 6) is 0. The summed E-state index contributed by atoms with van der Waals surface area (Å²) >= 11 is 0. The number of hydrogen-bond donors (Lipinski definition) is 0. The molecule has 0 atom stereocenters. The molecular weight excluding hydrogens is 581 g/mol. The highest BCUT2D eigenvalue weighted by molar-refractivity contribution is 6.22. The molecule has 0 spiro atoms. The van der Waals surface area contributed by atoms with Crippen molar-refractivity contribution in [1.29, 1.82) is 0 Å². The van der Waals surface area contributed by atoms with Gasteiger partial charge in [-0.05, 0) is 67.2 Å². The Morgan fingerprint density at radius 2 is 0.854 bits per heavy atom. The lowest BCUT2D eigenvalue weighted by molar-refractivity contribution is 1.40. The van der Waals surface area contributed by atoms with Crippen molar-refractivity contribution >= 4 is 65.0 Å². The molecule has 0 saturated carbocycles. The molecule has 2 aromatic heterocycles. The van der Waals surface area contributed by atoms with Crippen molar-refractivity contribution in [2.45, 2.75) is 0 Å². The Labute approximate surface area is 277 Å². The van der Waals surface area contributed by atoms with E-state index in [9.17, 15) is 0 Å². The smallest absolute Gasteiger partial charge is 0.0978 e. The normalized spacial score (nSPS) is 11.8. The zero-order chi connectivity index (χ0) is 31.6. The standard InChI is InChI=1S/C46H28N2/c1-2-13-30(14-3-1)42-38-20-10-11-21-40(38)47-46-39(42)26-24-31-25-27-41(48-45(31)46)44-36-18-8-6-16-34(36)43(35-17-7-9-19-37(35)44)33-23-22-29-12-4-5-15-32(29)28-33/h1-28H. The molecule has 0 N–H and O–H groups in total. The number of pyridine rings is 2. The maximum atomic E-state index is 5.50. The second-order valence-electron chi connectivity index (χ2n) is 12.5. The van der Waals surface area contributed by atoms with Gasteiger partial charge in [0.25, 0.3) is 0 Å². The fourth-order valence-corrected chi connectivity index (χ4v) is 7.65. The van der Waals surface area contributed by atoms with Gasteiger partial charge in [0.05, 0.1) is 22.2 Å². The lowest BCUT2D eigenvalue weighted by atomic mass is 9.86. The summed E-state index contributed by atoms with van der Waals surface area (Å²) in [7, 11) is 0. The van der Waals surface area contributed by atoms with Gasteiger partial charge in [-0.1, -0.05) is 152 Å². The van der Waals surface area contributed by atoms with Crippen LogP contribution in [0.25, 0.3) is 98.5 Å². The van der Waals surface area contributed by atoms with Crippen LogP contribution in [-0.4, -0.2) is 9.97 Å². The van der Waals surface area contributed by atoms with Crippen molar-refractivity contribution in [2.75, 3.05) is 0 Å². The minimum atomic E-state index is 0.916. The van der Waals surface area contributed by atoms with Gasteiger partial charge < -0.3 is 0 Å². The van der Waals surface area contributed by atoms with Crippen LogP contribution >= 0.6 is 0 Å². The Hall–Kier alpha value is -6.38. The van der Waals surface area contributed by atoms with E-state index in [1.807, 2.05) is 0 Å². The first-order valence-electron chi connectivity index (χ1n) is 16.4. The minimum absolute atomic E-state index is 0.916. The average Bonchev–Trinajstić information content (AvgIpc) is 3.16. The van der Waals surface area contributed by atoms with Crippen molar-refractivity contribution in [3.63, 3.8) is 0 Å². The van der Waals surface area contributed by atoms with Crippen molar-refractivity contribution in [3.05, 3.63) is 170 Å². The molecule has 0 radical (unpaired) electrons. The molecule has 222 valence electrons. The van der Waals surface area contributed by atoms with Crippen LogP contribution in [-0.2, 0) is 0 Å². The summed E-state index contributed by atoms with van der Waals surface area (Å²) in [6, 6.07) is 60.8. The summed E-state index contributed by atoms with van der Waals surface area (Å²) < 4.78 is 0. The summed E-state index contributed by atoms with van der Waals surface area (Å²) in [4.78, 5) is 10.8. The molecule has 0 bridgehead atoms. The maximum Gasteiger partial charge on any atom is 0.0978 e. The van der Waals surface area contributed by atoms with Crippen LogP contribution in [0.1, 0.15) is 0 Å². The quantitative estimate of drug-likeness (QED) is 0.147. The van der Waals surface area contributed by atoms with E-state index in [-0.39, 0.29) is 0 Å². The van der Waals surface area contributed by atoms with Gasteiger partial charge in [-0.25, -0.2) is 9.97 Å². The Morgan fingerprint density at radius 3 is 1.60 bits per heavy atom. The summed E-state index contributed by atoms with van der Waals surface area (Å²) in [5, 5.41) is 10.6. The van der Waals surface area contributed by atoms with Gasteiger partial charge in [0.15, 0.2) is 0 Å². The molecule has 10 aromatic rings. The predicted octanol–water partition coefficient (Wildman–Crippen LogP) is 12.4. The summed E-state index contributed by atoms with van der Waals surface area (Å²) in [5.41, 5.74) is 9.75. The highest BCUT2D eigenvalue weighted by atomic mass is 14.8. The highest BCUT2D eigenvalue weighted by Gasteiger charge is 2.19. The number of aromatic nitrogens is 2. The van der Waals surface area contributed by atoms with Gasteiger partial charge in [0.2, 0.25) is 0 Å². The van der Waals surface area contributed by atoms with Crippen LogP contribution in [0.3, 0.4) is 0 Å². The minimum Gasteiger partial charge on any atom is -0.245 e. The van der Waals surface area contributed by atoms with Crippen LogP contribution in [0.2, 0.25) is 0 Å². The molecule has 0 fully saturated rings. The molecule has 48 heavy (non-hydrogen) atoms. The van der Waals surface area contributed by atoms with Crippen LogP contribution < -0.4 is 0 Å². The summed E-state index contributed by atoms with van der Waals surface area (Å²) in [6.45, 7) is 0. The Balaban J connectivity index is 1.29. The number of rotatable bonds is 3. The Bertz CT molecular complexity index is 2830. The van der Waals surface area contributed by atoms with Crippen LogP contribution in [0.5, 0.6) is 0 Å². The molecule has 0 aliphatic carbocycles. The van der Waals surface area contributed by atoms with E-state index in [0.717, 1.165) is 44.0 Å². The third kappa shape index (κ3) is 4.06. The first-order chi connectivity index (χ1) is 23.8. The molecular formula is C46H28N2. The molecule has 8 aromatic carbocycles. The number of nitrogens with zero attached hydrogens (tertiary/aromatic N) is 2. The van der Waals surface area contributed by atoms with E-state index >= 15 is 0 Å². The zero-order valence-corrected chi connectivity index (χ0v) is 26.1. The van der Waals surface area contributed by atoms with Gasteiger partial charge >= 0.3 is 0 Å². The SMILES string of the molecule is c1ccc(-c2c3ccccc3nc3c2ccc2ccc(-c4c5ccccc5c(-c5ccc6ccccc6c5)c5ccccc45)nc23)cc1. The van der Waals surface area contributed by atoms with E-state index < -0.39 is 0 Å². The zero-order valence-electron chi connectivity index (χ0n) is 26.1. The van der Waals surface area contributed by atoms with Crippen molar-refractivity contribution in [3.8, 4) is 33.5 Å². The number of para-hydroxylation sites is 1. The molecule has 10 rings (SSSR count). The third-order valence-electron chi connectivity index (χ3n) is 9.80. The second-order valence-corrected chi connectivity index (χ2v) is 12.5. The lowest BCUT2D eigenvalue weighted by Crippen LogP contribution is -1.95. The maximum absolute atomic E-state index is 5.50. The van der Waals surface area contributed by atoms with Crippen molar-refractivity contribution < 1.29 is 0 Å². The molecule has 2 heterocycles. The van der Waals surface area contributed by atoms with Crippen molar-refractivity contribution in [2.24, 2.45) is 0 Å². The Kier molecular flexibility index (Phi) is 5.91.